The molecule has 0 radical (unpaired) electrons. The fraction of sp³-hybridized carbons (Fsp3) is 0.500. The first kappa shape index (κ1) is 36.4. The quantitative estimate of drug-likeness (QED) is 0.230. The average Bonchev–Trinajstić information content (AvgIpc) is 3.75. The van der Waals surface area contributed by atoms with Gasteiger partial charge in [-0.1, -0.05) is 30.7 Å². The van der Waals surface area contributed by atoms with Crippen molar-refractivity contribution < 1.29 is 32.2 Å². The predicted octanol–water partition coefficient (Wildman–Crippen LogP) is 7.27. The molecule has 1 aliphatic carbocycles. The Balaban J connectivity index is 1.23. The molecule has 54 heavy (non-hydrogen) atoms. The molecule has 286 valence electrons. The molecule has 1 N–H and O–H groups in total. The van der Waals surface area contributed by atoms with E-state index >= 15 is 0 Å². The fourth-order valence-electron chi connectivity index (χ4n) is 8.32. The molecule has 0 spiro atoms. The minimum absolute atomic E-state index is 0.0223. The van der Waals surface area contributed by atoms with E-state index in [1.807, 2.05) is 64.6 Å². The normalized spacial score (nSPS) is 23.1. The van der Waals surface area contributed by atoms with Crippen LogP contribution in [0.4, 0.5) is 29.3 Å². The Kier molecular flexibility index (Phi) is 8.38. The van der Waals surface area contributed by atoms with Crippen molar-refractivity contribution in [3.8, 4) is 11.4 Å². The second-order valence-electron chi connectivity index (χ2n) is 16.1. The third kappa shape index (κ3) is 5.99. The molecule has 5 heterocycles. The van der Waals surface area contributed by atoms with E-state index in [-0.39, 0.29) is 46.7 Å². The predicted molar refractivity (Wildman–Crippen MR) is 195 cm³/mol. The molecule has 16 heteroatoms. The molecule has 4 atom stereocenters. The molecule has 1 saturated carbocycles. The maximum atomic E-state index is 14.7. The van der Waals surface area contributed by atoms with Crippen molar-refractivity contribution in [1.29, 1.82) is 0 Å². The number of nitrogens with one attached hydrogen (secondary N) is 1. The van der Waals surface area contributed by atoms with Gasteiger partial charge in [-0.3, -0.25) is 14.2 Å². The molecule has 4 aliphatic rings. The van der Waals surface area contributed by atoms with Gasteiger partial charge in [0.05, 0.1) is 40.2 Å². The Morgan fingerprint density at radius 1 is 1.06 bits per heavy atom. The Morgan fingerprint density at radius 3 is 2.46 bits per heavy atom. The van der Waals surface area contributed by atoms with Gasteiger partial charge in [0.25, 0.3) is 5.56 Å². The zero-order valence-corrected chi connectivity index (χ0v) is 31.5. The molecule has 2 amide bonds. The van der Waals surface area contributed by atoms with Gasteiger partial charge in [0.2, 0.25) is 11.7 Å². The summed E-state index contributed by atoms with van der Waals surface area (Å²) in [5.74, 6) is -0.395. The highest BCUT2D eigenvalue weighted by atomic mass is 35.5. The number of ether oxygens (including phenoxy) is 2. The smallest absolute Gasteiger partial charge is 0.416 e. The SMILES string of the molecule is C[C@@H]1CC(C(=O)Nc2ccc(C(F)(F)F)cc2Cl)n2c1c(N1CCN(C(=O)OC(C)(C)C)[C@H]3CC[C@@H]31)c(=O)n1nc(-c3ccc4c(c3)COC4(C)C)nc21. The number of halogens is 4. The number of amides is 2. The van der Waals surface area contributed by atoms with Crippen LogP contribution in [0.15, 0.2) is 41.2 Å². The Labute approximate surface area is 314 Å². The van der Waals surface area contributed by atoms with Gasteiger partial charge in [-0.05, 0) is 89.3 Å². The molecule has 12 nitrogen and oxygen atoms in total. The number of carbonyl (C=O) groups excluding carboxylic acids is 2. The minimum Gasteiger partial charge on any atom is -0.444 e. The molecule has 1 saturated heterocycles. The van der Waals surface area contributed by atoms with E-state index in [2.05, 4.69) is 5.32 Å². The number of alkyl halides is 3. The van der Waals surface area contributed by atoms with Crippen LogP contribution in [0.2, 0.25) is 5.02 Å². The van der Waals surface area contributed by atoms with E-state index in [4.69, 9.17) is 31.2 Å². The standard InChI is InChI=1S/C38H41ClF3N7O5/c1-19-15-28(32(50)43-25-10-8-22(17-24(25)39)38(40,41)42)48-29(19)30(46-13-14-47(27-12-11-26(27)46)35(52)54-36(2,3)4)33(51)49-34(48)44-31(45-49)20-7-9-23-21(16-20)18-53-37(23,5)6/h7-10,16-17,19,26-28H,11-15,18H2,1-6H3,(H,43,50)/t19-,26+,27+,28?/m1/s1. The van der Waals surface area contributed by atoms with E-state index < -0.39 is 46.5 Å². The van der Waals surface area contributed by atoms with E-state index in [0.717, 1.165) is 42.2 Å². The van der Waals surface area contributed by atoms with Gasteiger partial charge in [0.15, 0.2) is 5.82 Å². The molecule has 2 aromatic carbocycles. The number of anilines is 2. The molecule has 3 aliphatic heterocycles. The highest BCUT2D eigenvalue weighted by Crippen LogP contribution is 2.46. The van der Waals surface area contributed by atoms with Crippen molar-refractivity contribution >= 4 is 40.8 Å². The summed E-state index contributed by atoms with van der Waals surface area (Å²) in [4.78, 5) is 50.8. The summed E-state index contributed by atoms with van der Waals surface area (Å²) in [6, 6.07) is 7.30. The first-order valence-corrected chi connectivity index (χ1v) is 18.5. The van der Waals surface area contributed by atoms with Gasteiger partial charge in [-0.25, -0.2) is 4.79 Å². The van der Waals surface area contributed by atoms with Crippen LogP contribution in [0.1, 0.15) is 95.1 Å². The second kappa shape index (κ2) is 12.4. The van der Waals surface area contributed by atoms with Crippen LogP contribution in [-0.2, 0) is 32.7 Å². The number of rotatable bonds is 4. The summed E-state index contributed by atoms with van der Waals surface area (Å²) >= 11 is 6.25. The zero-order valence-electron chi connectivity index (χ0n) is 30.8. The highest BCUT2D eigenvalue weighted by Gasteiger charge is 2.49. The molecule has 2 aromatic heterocycles. The first-order valence-electron chi connectivity index (χ1n) is 18.1. The number of piperazine rings is 1. The van der Waals surface area contributed by atoms with E-state index in [9.17, 15) is 27.6 Å². The van der Waals surface area contributed by atoms with Gasteiger partial charge in [0, 0.05) is 30.6 Å². The van der Waals surface area contributed by atoms with Crippen molar-refractivity contribution in [3.05, 3.63) is 74.2 Å². The number of fused-ring (bicyclic) bond motifs is 5. The van der Waals surface area contributed by atoms with Crippen LogP contribution in [-0.4, -0.2) is 66.8 Å². The second-order valence-corrected chi connectivity index (χ2v) is 16.5. The lowest BCUT2D eigenvalue weighted by Gasteiger charge is -2.54. The van der Waals surface area contributed by atoms with Crippen molar-refractivity contribution in [1.82, 2.24) is 24.1 Å². The molecule has 8 rings (SSSR count). The van der Waals surface area contributed by atoms with Gasteiger partial charge in [-0.15, -0.1) is 5.10 Å². The number of aromatic nitrogens is 4. The number of hydrogen-bond acceptors (Lipinski definition) is 8. The van der Waals surface area contributed by atoms with Crippen molar-refractivity contribution in [2.24, 2.45) is 0 Å². The molecular weight excluding hydrogens is 727 g/mol. The third-order valence-electron chi connectivity index (χ3n) is 11.0. The molecule has 0 bridgehead atoms. The van der Waals surface area contributed by atoms with Gasteiger partial charge < -0.3 is 24.6 Å². The largest absolute Gasteiger partial charge is 0.444 e. The van der Waals surface area contributed by atoms with Crippen molar-refractivity contribution in [3.63, 3.8) is 0 Å². The lowest BCUT2D eigenvalue weighted by molar-refractivity contribution is -0.137. The van der Waals surface area contributed by atoms with Crippen LogP contribution in [0.5, 0.6) is 0 Å². The summed E-state index contributed by atoms with van der Waals surface area (Å²) in [7, 11) is 0. The summed E-state index contributed by atoms with van der Waals surface area (Å²) in [6.45, 7) is 12.5. The lowest BCUT2D eigenvalue weighted by atomic mass is 9.81. The lowest BCUT2D eigenvalue weighted by Crippen LogP contribution is -2.67. The monoisotopic (exact) mass is 767 g/mol. The molecule has 4 aromatic rings. The number of carbonyl (C=O) groups is 2. The molecular formula is C38H41ClF3N7O5. The number of nitrogens with zero attached hydrogens (tertiary/aromatic N) is 6. The topological polar surface area (TPSA) is 123 Å². The Bertz CT molecular complexity index is 2280. The maximum absolute atomic E-state index is 14.7. The zero-order chi connectivity index (χ0) is 38.6. The van der Waals surface area contributed by atoms with Crippen LogP contribution in [0, 0.1) is 0 Å². The summed E-state index contributed by atoms with van der Waals surface area (Å²) in [6.07, 6.45) is -3.25. The average molecular weight is 768 g/mol. The summed E-state index contributed by atoms with van der Waals surface area (Å²) in [5, 5.41) is 7.20. The van der Waals surface area contributed by atoms with Crippen LogP contribution in [0.3, 0.4) is 0 Å². The van der Waals surface area contributed by atoms with Crippen LogP contribution in [0.25, 0.3) is 17.2 Å². The van der Waals surface area contributed by atoms with Crippen molar-refractivity contribution in [2.75, 3.05) is 23.3 Å². The Morgan fingerprint density at radius 2 is 1.80 bits per heavy atom. The molecule has 1 unspecified atom stereocenters. The van der Waals surface area contributed by atoms with Gasteiger partial charge in [0.1, 0.15) is 17.3 Å². The summed E-state index contributed by atoms with van der Waals surface area (Å²) in [5.41, 5.74) is 1.26. The fourth-order valence-corrected chi connectivity index (χ4v) is 8.55. The number of benzene rings is 2. The first-order chi connectivity index (χ1) is 25.3. The van der Waals surface area contributed by atoms with E-state index in [1.165, 1.54) is 4.52 Å². The van der Waals surface area contributed by atoms with Gasteiger partial charge >= 0.3 is 12.3 Å². The van der Waals surface area contributed by atoms with Crippen LogP contribution < -0.4 is 15.8 Å². The van der Waals surface area contributed by atoms with E-state index in [0.29, 0.717) is 36.6 Å². The van der Waals surface area contributed by atoms with Crippen molar-refractivity contribution in [2.45, 2.75) is 109 Å². The molecule has 2 fully saturated rings. The van der Waals surface area contributed by atoms with Crippen LogP contribution >= 0.6 is 11.6 Å². The highest BCUT2D eigenvalue weighted by molar-refractivity contribution is 6.33. The number of hydrogen-bond donors (Lipinski definition) is 1. The Hall–Kier alpha value is -4.63. The van der Waals surface area contributed by atoms with Gasteiger partial charge in [-0.2, -0.15) is 22.7 Å². The summed E-state index contributed by atoms with van der Waals surface area (Å²) < 4.78 is 54.8. The maximum Gasteiger partial charge on any atom is 0.416 e. The third-order valence-corrected chi connectivity index (χ3v) is 11.3. The minimum atomic E-state index is -4.61. The van der Waals surface area contributed by atoms with E-state index in [1.54, 1.807) is 9.47 Å².